The van der Waals surface area contributed by atoms with Gasteiger partial charge in [-0.25, -0.2) is 0 Å². The average molecular weight is 399 g/mol. The molecule has 5 N–H and O–H groups in total. The number of aliphatic hydroxyl groups is 3. The van der Waals surface area contributed by atoms with E-state index in [0.717, 1.165) is 0 Å². The van der Waals surface area contributed by atoms with Crippen LogP contribution in [0.2, 0.25) is 5.02 Å². The zero-order chi connectivity index (χ0) is 19.9. The van der Waals surface area contributed by atoms with Gasteiger partial charge in [-0.3, -0.25) is 5.32 Å². The molecule has 1 aromatic carbocycles. The van der Waals surface area contributed by atoms with Crippen LogP contribution < -0.4 is 15.4 Å². The van der Waals surface area contributed by atoms with E-state index in [1.807, 2.05) is 0 Å². The number of dihydropyridines is 1. The van der Waals surface area contributed by atoms with Gasteiger partial charge in [-0.1, -0.05) is 18.5 Å². The van der Waals surface area contributed by atoms with Gasteiger partial charge in [0.2, 0.25) is 5.91 Å². The quantitative estimate of drug-likeness (QED) is 0.300. The molecule has 2 rings (SSSR count). The molecular weight excluding hydrogens is 372 g/mol. The zero-order valence-electron chi connectivity index (χ0n) is 15.5. The van der Waals surface area contributed by atoms with Crippen LogP contribution >= 0.6 is 11.6 Å². The molecule has 1 heterocycles. The molecule has 27 heavy (non-hydrogen) atoms. The highest BCUT2D eigenvalue weighted by Crippen LogP contribution is 2.26. The monoisotopic (exact) mass is 398 g/mol. The number of benzene rings is 1. The molecule has 0 bridgehead atoms. The van der Waals surface area contributed by atoms with Gasteiger partial charge in [0.1, 0.15) is 12.4 Å². The maximum atomic E-state index is 10.7. The highest BCUT2D eigenvalue weighted by molar-refractivity contribution is 6.30. The molecule has 1 aliphatic rings. The Hall–Kier alpha value is -1.61. The molecule has 0 aliphatic carbocycles. The molecule has 0 amide bonds. The summed E-state index contributed by atoms with van der Waals surface area (Å²) in [6, 6.07) is 7.02. The van der Waals surface area contributed by atoms with E-state index in [1.165, 1.54) is 0 Å². The SMILES string of the molecule is CCC(O)(NCCOc1ccc(Cl)cc1)OC1(C)C=C(CO)C(CO)=CN1. The van der Waals surface area contributed by atoms with Crippen LogP contribution in [-0.4, -0.2) is 53.3 Å². The van der Waals surface area contributed by atoms with Crippen LogP contribution in [0.15, 0.2) is 47.7 Å². The van der Waals surface area contributed by atoms with Crippen LogP contribution in [0.5, 0.6) is 5.75 Å². The van der Waals surface area contributed by atoms with E-state index in [4.69, 9.17) is 21.1 Å². The van der Waals surface area contributed by atoms with E-state index in [2.05, 4.69) is 10.6 Å². The topological polar surface area (TPSA) is 103 Å². The van der Waals surface area contributed by atoms with Crippen LogP contribution in [0.3, 0.4) is 0 Å². The molecule has 0 saturated heterocycles. The first kappa shape index (κ1) is 21.7. The number of rotatable bonds is 10. The highest BCUT2D eigenvalue weighted by atomic mass is 35.5. The van der Waals surface area contributed by atoms with Crippen LogP contribution in [0.25, 0.3) is 0 Å². The van der Waals surface area contributed by atoms with E-state index in [0.29, 0.717) is 35.1 Å². The fourth-order valence-corrected chi connectivity index (χ4v) is 2.80. The Morgan fingerprint density at radius 1 is 1.19 bits per heavy atom. The Labute approximate surface area is 164 Å². The Kier molecular flexibility index (Phi) is 7.67. The van der Waals surface area contributed by atoms with Gasteiger partial charge >= 0.3 is 0 Å². The fraction of sp³-hybridized carbons (Fsp3) is 0.474. The second kappa shape index (κ2) is 9.54. The van der Waals surface area contributed by atoms with Gasteiger partial charge in [0.15, 0.2) is 5.72 Å². The van der Waals surface area contributed by atoms with E-state index in [-0.39, 0.29) is 19.6 Å². The van der Waals surface area contributed by atoms with Gasteiger partial charge in [0.25, 0.3) is 0 Å². The first-order valence-corrected chi connectivity index (χ1v) is 9.17. The van der Waals surface area contributed by atoms with Gasteiger partial charge in [0.05, 0.1) is 13.2 Å². The van der Waals surface area contributed by atoms with Gasteiger partial charge in [0, 0.05) is 24.2 Å². The number of hydrogen-bond donors (Lipinski definition) is 5. The van der Waals surface area contributed by atoms with Crippen molar-refractivity contribution < 1.29 is 24.8 Å². The molecule has 1 aromatic rings. The van der Waals surface area contributed by atoms with Crippen molar-refractivity contribution in [1.29, 1.82) is 0 Å². The van der Waals surface area contributed by atoms with Gasteiger partial charge in [-0.15, -0.1) is 0 Å². The number of halogens is 1. The minimum absolute atomic E-state index is 0.201. The van der Waals surface area contributed by atoms with Crippen LogP contribution in [0, 0.1) is 0 Å². The average Bonchev–Trinajstić information content (AvgIpc) is 2.66. The molecule has 7 nitrogen and oxygen atoms in total. The molecule has 1 aliphatic heterocycles. The zero-order valence-corrected chi connectivity index (χ0v) is 16.3. The lowest BCUT2D eigenvalue weighted by molar-refractivity contribution is -0.273. The second-order valence-corrected chi connectivity index (χ2v) is 6.81. The first-order valence-electron chi connectivity index (χ1n) is 8.79. The summed E-state index contributed by atoms with van der Waals surface area (Å²) in [4.78, 5) is 0. The van der Waals surface area contributed by atoms with E-state index in [9.17, 15) is 15.3 Å². The lowest BCUT2D eigenvalue weighted by Gasteiger charge is -2.39. The Morgan fingerprint density at radius 2 is 1.85 bits per heavy atom. The van der Waals surface area contributed by atoms with Crippen molar-refractivity contribution in [1.82, 2.24) is 10.6 Å². The Bertz CT molecular complexity index is 679. The molecule has 8 heteroatoms. The number of nitrogens with one attached hydrogen (secondary N) is 2. The lowest BCUT2D eigenvalue weighted by atomic mass is 10.0. The largest absolute Gasteiger partial charge is 0.492 e. The molecule has 2 unspecified atom stereocenters. The molecule has 0 spiro atoms. The van der Waals surface area contributed by atoms with Crippen LogP contribution in [0.4, 0.5) is 0 Å². The van der Waals surface area contributed by atoms with Crippen LogP contribution in [-0.2, 0) is 4.74 Å². The fourth-order valence-electron chi connectivity index (χ4n) is 2.67. The summed E-state index contributed by atoms with van der Waals surface area (Å²) in [6.07, 6.45) is 3.50. The minimum Gasteiger partial charge on any atom is -0.492 e. The number of ether oxygens (including phenoxy) is 2. The Morgan fingerprint density at radius 3 is 2.44 bits per heavy atom. The molecule has 0 aromatic heterocycles. The van der Waals surface area contributed by atoms with Crippen molar-refractivity contribution in [3.8, 4) is 5.75 Å². The normalized spacial score (nSPS) is 21.7. The van der Waals surface area contributed by atoms with Crippen molar-refractivity contribution in [2.75, 3.05) is 26.4 Å². The van der Waals surface area contributed by atoms with Crippen molar-refractivity contribution >= 4 is 11.6 Å². The summed E-state index contributed by atoms with van der Waals surface area (Å²) in [7, 11) is 0. The summed E-state index contributed by atoms with van der Waals surface area (Å²) in [6.45, 7) is 3.74. The summed E-state index contributed by atoms with van der Waals surface area (Å²) < 4.78 is 11.4. The third-order valence-electron chi connectivity index (χ3n) is 4.18. The van der Waals surface area contributed by atoms with Crippen LogP contribution in [0.1, 0.15) is 20.3 Å². The highest BCUT2D eigenvalue weighted by Gasteiger charge is 2.36. The van der Waals surface area contributed by atoms with E-state index in [1.54, 1.807) is 50.4 Å². The Balaban J connectivity index is 1.91. The summed E-state index contributed by atoms with van der Waals surface area (Å²) in [5.41, 5.74) is 0.0668. The first-order chi connectivity index (χ1) is 12.8. The van der Waals surface area contributed by atoms with Crippen molar-refractivity contribution in [2.24, 2.45) is 0 Å². The maximum Gasteiger partial charge on any atom is 0.227 e. The maximum absolute atomic E-state index is 10.7. The summed E-state index contributed by atoms with van der Waals surface area (Å²) in [5, 5.41) is 36.1. The predicted molar refractivity (Wildman–Crippen MR) is 103 cm³/mol. The van der Waals surface area contributed by atoms with Gasteiger partial charge in [-0.2, -0.15) is 0 Å². The third kappa shape index (κ3) is 6.21. The lowest BCUT2D eigenvalue weighted by Crippen LogP contribution is -2.57. The smallest absolute Gasteiger partial charge is 0.227 e. The third-order valence-corrected chi connectivity index (χ3v) is 4.43. The standard InChI is InChI=1S/C19H27ClN2O5/c1-3-19(25,21-8-9-26-17-6-4-16(20)5-7-17)27-18(2)10-14(12-23)15(13-24)11-22-18/h4-7,10-11,21-25H,3,8-9,12-13H2,1-2H3. The van der Waals surface area contributed by atoms with Crippen molar-refractivity contribution in [3.05, 3.63) is 52.7 Å². The number of hydrogen-bond acceptors (Lipinski definition) is 7. The molecule has 2 atom stereocenters. The van der Waals surface area contributed by atoms with Crippen molar-refractivity contribution in [3.63, 3.8) is 0 Å². The molecular formula is C19H27ClN2O5. The van der Waals surface area contributed by atoms with Crippen molar-refractivity contribution in [2.45, 2.75) is 31.9 Å². The second-order valence-electron chi connectivity index (χ2n) is 6.38. The predicted octanol–water partition coefficient (Wildman–Crippen LogP) is 1.50. The molecule has 0 saturated carbocycles. The molecule has 0 fully saturated rings. The van der Waals surface area contributed by atoms with E-state index >= 15 is 0 Å². The van der Waals surface area contributed by atoms with Gasteiger partial charge < -0.3 is 30.1 Å². The molecule has 0 radical (unpaired) electrons. The molecule has 150 valence electrons. The number of aliphatic hydroxyl groups excluding tert-OH is 2. The van der Waals surface area contributed by atoms with E-state index < -0.39 is 11.6 Å². The summed E-state index contributed by atoms with van der Waals surface area (Å²) >= 11 is 5.83. The minimum atomic E-state index is -1.60. The van der Waals surface area contributed by atoms with Gasteiger partial charge in [-0.05, 0) is 48.4 Å². The summed E-state index contributed by atoms with van der Waals surface area (Å²) in [5.74, 6) is -0.924.